The van der Waals surface area contributed by atoms with Gasteiger partial charge in [0, 0.05) is 27.9 Å². The van der Waals surface area contributed by atoms with Gasteiger partial charge in [-0.25, -0.2) is 0 Å². The first-order valence-corrected chi connectivity index (χ1v) is 7.39. The van der Waals surface area contributed by atoms with Crippen LogP contribution in [-0.4, -0.2) is 18.1 Å². The lowest BCUT2D eigenvalue weighted by Gasteiger charge is -2.20. The normalized spacial score (nSPS) is 14.8. The monoisotopic (exact) mass is 277 g/mol. The summed E-state index contributed by atoms with van der Waals surface area (Å²) in [5, 5.41) is 4.91. The number of rotatable bonds is 5. The van der Waals surface area contributed by atoms with E-state index in [1.165, 1.54) is 0 Å². The van der Waals surface area contributed by atoms with E-state index in [0.717, 1.165) is 16.3 Å². The van der Waals surface area contributed by atoms with Crippen LogP contribution in [0.4, 0.5) is 0 Å². The van der Waals surface area contributed by atoms with Crippen molar-refractivity contribution < 1.29 is 0 Å². The van der Waals surface area contributed by atoms with E-state index in [9.17, 15) is 0 Å². The molecule has 0 heterocycles. The molecule has 16 heavy (non-hydrogen) atoms. The summed E-state index contributed by atoms with van der Waals surface area (Å²) in [6.45, 7) is 4.29. The molecule has 1 rings (SSSR count). The van der Waals surface area contributed by atoms with Crippen molar-refractivity contribution in [3.63, 3.8) is 0 Å². The van der Waals surface area contributed by atoms with Crippen LogP contribution in [0, 0.1) is 0 Å². The van der Waals surface area contributed by atoms with Gasteiger partial charge < -0.3 is 5.32 Å². The van der Waals surface area contributed by atoms with Crippen molar-refractivity contribution in [2.45, 2.75) is 25.9 Å². The molecule has 0 aliphatic rings. The van der Waals surface area contributed by atoms with Gasteiger partial charge in [0.15, 0.2) is 0 Å². The largest absolute Gasteiger partial charge is 0.307 e. The Kier molecular flexibility index (Phi) is 5.98. The van der Waals surface area contributed by atoms with Crippen molar-refractivity contribution in [3.05, 3.63) is 33.8 Å². The summed E-state index contributed by atoms with van der Waals surface area (Å²) in [7, 11) is 0. The summed E-state index contributed by atoms with van der Waals surface area (Å²) in [6, 6.07) is 6.35. The third-order valence-corrected chi connectivity index (χ3v) is 3.78. The van der Waals surface area contributed by atoms with Crippen LogP contribution < -0.4 is 5.32 Å². The van der Waals surface area contributed by atoms with Gasteiger partial charge in [-0.2, -0.15) is 11.8 Å². The van der Waals surface area contributed by atoms with Gasteiger partial charge in [0.1, 0.15) is 0 Å². The molecule has 0 aliphatic heterocycles. The van der Waals surface area contributed by atoms with E-state index in [0.29, 0.717) is 11.1 Å². The van der Waals surface area contributed by atoms with Crippen LogP contribution in [-0.2, 0) is 0 Å². The summed E-state index contributed by atoms with van der Waals surface area (Å²) in [4.78, 5) is 0. The molecule has 1 aromatic rings. The van der Waals surface area contributed by atoms with Gasteiger partial charge in [0.25, 0.3) is 0 Å². The van der Waals surface area contributed by atoms with Crippen molar-refractivity contribution in [2.24, 2.45) is 0 Å². The minimum Gasteiger partial charge on any atom is -0.307 e. The maximum Gasteiger partial charge on any atom is 0.0468 e. The lowest BCUT2D eigenvalue weighted by Crippen LogP contribution is -2.30. The zero-order valence-corrected chi connectivity index (χ0v) is 12.1. The summed E-state index contributed by atoms with van der Waals surface area (Å²) in [6.07, 6.45) is 2.11. The third-order valence-electron chi connectivity index (χ3n) is 2.38. The predicted molar refractivity (Wildman–Crippen MR) is 75.9 cm³/mol. The van der Waals surface area contributed by atoms with Gasteiger partial charge in [0.2, 0.25) is 0 Å². The van der Waals surface area contributed by atoms with Crippen molar-refractivity contribution in [2.75, 3.05) is 12.0 Å². The van der Waals surface area contributed by atoms with E-state index in [4.69, 9.17) is 23.2 Å². The van der Waals surface area contributed by atoms with Gasteiger partial charge in [-0.05, 0) is 37.8 Å². The molecule has 0 aliphatic carbocycles. The fourth-order valence-corrected chi connectivity index (χ4v) is 2.84. The number of benzene rings is 1. The Hall–Kier alpha value is 0.110. The molecule has 0 aromatic heterocycles. The second-order valence-electron chi connectivity index (χ2n) is 3.91. The molecule has 0 saturated heterocycles. The van der Waals surface area contributed by atoms with E-state index in [-0.39, 0.29) is 6.04 Å². The highest BCUT2D eigenvalue weighted by atomic mass is 35.5. The standard InChI is InChI=1S/C12H17Cl2NS/c1-8(7-16-3)15-9(2)11-5-4-10(13)6-12(11)14/h4-6,8-9,15H,7H2,1-3H3. The lowest BCUT2D eigenvalue weighted by molar-refractivity contribution is 0.511. The van der Waals surface area contributed by atoms with Gasteiger partial charge >= 0.3 is 0 Å². The van der Waals surface area contributed by atoms with Gasteiger partial charge in [-0.3, -0.25) is 0 Å². The Morgan fingerprint density at radius 1 is 1.31 bits per heavy atom. The molecule has 2 atom stereocenters. The first-order valence-electron chi connectivity index (χ1n) is 5.24. The van der Waals surface area contributed by atoms with Crippen LogP contribution in [0.2, 0.25) is 10.0 Å². The van der Waals surface area contributed by atoms with Crippen LogP contribution in [0.1, 0.15) is 25.5 Å². The van der Waals surface area contributed by atoms with Crippen LogP contribution >= 0.6 is 35.0 Å². The molecule has 0 bridgehead atoms. The zero-order chi connectivity index (χ0) is 12.1. The van der Waals surface area contributed by atoms with Crippen LogP contribution in [0.25, 0.3) is 0 Å². The number of halogens is 2. The average molecular weight is 278 g/mol. The molecule has 0 saturated carbocycles. The van der Waals surface area contributed by atoms with Crippen LogP contribution in [0.3, 0.4) is 0 Å². The van der Waals surface area contributed by atoms with Crippen LogP contribution in [0.5, 0.6) is 0 Å². The number of thioether (sulfide) groups is 1. The van der Waals surface area contributed by atoms with E-state index < -0.39 is 0 Å². The summed E-state index contributed by atoms with van der Waals surface area (Å²) >= 11 is 13.9. The van der Waals surface area contributed by atoms with Crippen molar-refractivity contribution in [3.8, 4) is 0 Å². The molecular weight excluding hydrogens is 261 g/mol. The Labute approximate surface area is 112 Å². The van der Waals surface area contributed by atoms with Crippen molar-refractivity contribution in [1.82, 2.24) is 5.32 Å². The van der Waals surface area contributed by atoms with Gasteiger partial charge in [-0.15, -0.1) is 0 Å². The highest BCUT2D eigenvalue weighted by Crippen LogP contribution is 2.26. The van der Waals surface area contributed by atoms with E-state index in [1.807, 2.05) is 23.9 Å². The SMILES string of the molecule is CSCC(C)NC(C)c1ccc(Cl)cc1Cl. The quantitative estimate of drug-likeness (QED) is 0.857. The maximum atomic E-state index is 6.16. The molecular formula is C12H17Cl2NS. The number of nitrogens with one attached hydrogen (secondary N) is 1. The van der Waals surface area contributed by atoms with E-state index >= 15 is 0 Å². The number of hydrogen-bond acceptors (Lipinski definition) is 2. The Balaban J connectivity index is 2.69. The topological polar surface area (TPSA) is 12.0 Å². The Morgan fingerprint density at radius 2 is 2.00 bits per heavy atom. The molecule has 1 N–H and O–H groups in total. The summed E-state index contributed by atoms with van der Waals surface area (Å²) in [5.74, 6) is 1.09. The molecule has 2 unspecified atom stereocenters. The zero-order valence-electron chi connectivity index (χ0n) is 9.76. The highest BCUT2D eigenvalue weighted by molar-refractivity contribution is 7.98. The first-order chi connectivity index (χ1) is 7.54. The molecule has 0 amide bonds. The minimum absolute atomic E-state index is 0.243. The smallest absolute Gasteiger partial charge is 0.0468 e. The molecule has 0 radical (unpaired) electrons. The van der Waals surface area contributed by atoms with E-state index in [1.54, 1.807) is 6.07 Å². The van der Waals surface area contributed by atoms with Crippen LogP contribution in [0.15, 0.2) is 18.2 Å². The third kappa shape index (κ3) is 4.17. The molecule has 4 heteroatoms. The van der Waals surface area contributed by atoms with Crippen molar-refractivity contribution >= 4 is 35.0 Å². The maximum absolute atomic E-state index is 6.16. The predicted octanol–water partition coefficient (Wildman–Crippen LogP) is 4.40. The van der Waals surface area contributed by atoms with Gasteiger partial charge in [0.05, 0.1) is 0 Å². The molecule has 1 aromatic carbocycles. The summed E-state index contributed by atoms with van der Waals surface area (Å²) in [5.41, 5.74) is 1.10. The van der Waals surface area contributed by atoms with Crippen molar-refractivity contribution in [1.29, 1.82) is 0 Å². The van der Waals surface area contributed by atoms with Gasteiger partial charge in [-0.1, -0.05) is 29.3 Å². The molecule has 90 valence electrons. The lowest BCUT2D eigenvalue weighted by atomic mass is 10.1. The Bertz CT molecular complexity index is 344. The second kappa shape index (κ2) is 6.75. The number of hydrogen-bond donors (Lipinski definition) is 1. The summed E-state index contributed by atoms with van der Waals surface area (Å²) < 4.78 is 0. The first kappa shape index (κ1) is 14.2. The average Bonchev–Trinajstić information content (AvgIpc) is 2.17. The molecule has 1 nitrogen and oxygen atoms in total. The molecule has 0 fully saturated rings. The minimum atomic E-state index is 0.243. The Morgan fingerprint density at radius 3 is 2.56 bits per heavy atom. The fraction of sp³-hybridized carbons (Fsp3) is 0.500. The highest BCUT2D eigenvalue weighted by Gasteiger charge is 2.12. The fourth-order valence-electron chi connectivity index (χ4n) is 1.67. The van der Waals surface area contributed by atoms with E-state index in [2.05, 4.69) is 25.4 Å². The second-order valence-corrected chi connectivity index (χ2v) is 5.66. The molecule has 0 spiro atoms.